The van der Waals surface area contributed by atoms with Crippen LogP contribution in [0, 0.1) is 0 Å². The second-order valence-electron chi connectivity index (χ2n) is 9.00. The van der Waals surface area contributed by atoms with Crippen molar-refractivity contribution in [2.45, 2.75) is 71.0 Å². The van der Waals surface area contributed by atoms with Crippen LogP contribution >= 0.6 is 0 Å². The van der Waals surface area contributed by atoms with E-state index in [4.69, 9.17) is 4.74 Å². The van der Waals surface area contributed by atoms with Crippen LogP contribution in [0.5, 0.6) is 0 Å². The Labute approximate surface area is 154 Å². The van der Waals surface area contributed by atoms with E-state index >= 15 is 0 Å². The summed E-state index contributed by atoms with van der Waals surface area (Å²) in [5, 5.41) is 0. The maximum atomic E-state index is 5.59. The van der Waals surface area contributed by atoms with E-state index in [2.05, 4.69) is 68.7 Å². The largest absolute Gasteiger partial charge is 0.381 e. The minimum absolute atomic E-state index is 0.191. The molecule has 1 aromatic carbocycles. The molecule has 25 heavy (non-hydrogen) atoms. The van der Waals surface area contributed by atoms with Crippen LogP contribution in [0.3, 0.4) is 0 Å². The molecule has 1 unspecified atom stereocenters. The first-order valence-electron chi connectivity index (χ1n) is 10.1. The van der Waals surface area contributed by atoms with Crippen molar-refractivity contribution in [3.05, 3.63) is 35.4 Å². The van der Waals surface area contributed by atoms with Crippen molar-refractivity contribution in [3.63, 3.8) is 0 Å². The van der Waals surface area contributed by atoms with Crippen LogP contribution in [0.25, 0.3) is 0 Å². The van der Waals surface area contributed by atoms with Crippen molar-refractivity contribution in [2.75, 3.05) is 32.8 Å². The second-order valence-corrected chi connectivity index (χ2v) is 9.00. The van der Waals surface area contributed by atoms with Gasteiger partial charge in [0.1, 0.15) is 0 Å². The predicted molar refractivity (Wildman–Crippen MR) is 105 cm³/mol. The van der Waals surface area contributed by atoms with E-state index in [0.717, 1.165) is 26.3 Å². The van der Waals surface area contributed by atoms with Gasteiger partial charge in [0.05, 0.1) is 0 Å². The van der Waals surface area contributed by atoms with E-state index in [1.54, 1.807) is 0 Å². The SMILES string of the molecule is CC(C)c1ccccc1C1CN(C2CCOCC2)CCN1C(C)(C)C. The molecule has 2 saturated heterocycles. The molecule has 140 valence electrons. The lowest BCUT2D eigenvalue weighted by Crippen LogP contribution is -2.57. The first-order chi connectivity index (χ1) is 11.9. The Bertz CT molecular complexity index is 557. The normalized spacial score (nSPS) is 24.8. The van der Waals surface area contributed by atoms with Gasteiger partial charge in [-0.15, -0.1) is 0 Å². The van der Waals surface area contributed by atoms with Gasteiger partial charge in [-0.2, -0.15) is 0 Å². The molecule has 0 spiro atoms. The Morgan fingerprint density at radius 1 is 1.04 bits per heavy atom. The van der Waals surface area contributed by atoms with Gasteiger partial charge < -0.3 is 4.74 Å². The molecule has 0 N–H and O–H groups in total. The highest BCUT2D eigenvalue weighted by Gasteiger charge is 2.38. The zero-order valence-corrected chi connectivity index (χ0v) is 16.8. The highest BCUT2D eigenvalue weighted by molar-refractivity contribution is 5.33. The smallest absolute Gasteiger partial charge is 0.0483 e. The van der Waals surface area contributed by atoms with Gasteiger partial charge in [-0.3, -0.25) is 9.80 Å². The number of benzene rings is 1. The highest BCUT2D eigenvalue weighted by atomic mass is 16.5. The number of hydrogen-bond donors (Lipinski definition) is 0. The fourth-order valence-electron chi connectivity index (χ4n) is 4.60. The molecular weight excluding hydrogens is 308 g/mol. The van der Waals surface area contributed by atoms with Gasteiger partial charge in [0.2, 0.25) is 0 Å². The molecule has 2 heterocycles. The molecule has 0 bridgehead atoms. The summed E-state index contributed by atoms with van der Waals surface area (Å²) in [5.74, 6) is 0.566. The quantitative estimate of drug-likeness (QED) is 0.806. The van der Waals surface area contributed by atoms with Gasteiger partial charge >= 0.3 is 0 Å². The van der Waals surface area contributed by atoms with E-state index < -0.39 is 0 Å². The van der Waals surface area contributed by atoms with Crippen LogP contribution in [0.15, 0.2) is 24.3 Å². The van der Waals surface area contributed by atoms with E-state index in [-0.39, 0.29) is 5.54 Å². The van der Waals surface area contributed by atoms with E-state index in [1.807, 2.05) is 0 Å². The molecule has 2 aliphatic rings. The summed E-state index contributed by atoms with van der Waals surface area (Å²) in [6.45, 7) is 17.1. The lowest BCUT2D eigenvalue weighted by Gasteiger charge is -2.51. The highest BCUT2D eigenvalue weighted by Crippen LogP contribution is 2.36. The molecule has 3 nitrogen and oxygen atoms in total. The Hall–Kier alpha value is -0.900. The van der Waals surface area contributed by atoms with Crippen LogP contribution < -0.4 is 0 Å². The second kappa shape index (κ2) is 7.77. The van der Waals surface area contributed by atoms with Gasteiger partial charge in [0.15, 0.2) is 0 Å². The topological polar surface area (TPSA) is 15.7 Å². The average molecular weight is 345 g/mol. The van der Waals surface area contributed by atoms with Crippen molar-refractivity contribution in [1.82, 2.24) is 9.80 Å². The van der Waals surface area contributed by atoms with Crippen LogP contribution in [-0.4, -0.2) is 54.2 Å². The first-order valence-corrected chi connectivity index (χ1v) is 10.1. The Balaban J connectivity index is 1.90. The molecule has 2 aliphatic heterocycles. The number of hydrogen-bond acceptors (Lipinski definition) is 3. The number of ether oxygens (including phenoxy) is 1. The van der Waals surface area contributed by atoms with Crippen molar-refractivity contribution in [3.8, 4) is 0 Å². The molecule has 0 aliphatic carbocycles. The molecule has 3 heteroatoms. The average Bonchev–Trinajstić information content (AvgIpc) is 2.61. The van der Waals surface area contributed by atoms with Gasteiger partial charge in [-0.1, -0.05) is 38.1 Å². The van der Waals surface area contributed by atoms with Crippen LogP contribution in [-0.2, 0) is 4.74 Å². The van der Waals surface area contributed by atoms with E-state index in [1.165, 1.54) is 30.5 Å². The van der Waals surface area contributed by atoms with Crippen LogP contribution in [0.4, 0.5) is 0 Å². The maximum Gasteiger partial charge on any atom is 0.0483 e. The number of piperazine rings is 1. The molecule has 2 fully saturated rings. The summed E-state index contributed by atoms with van der Waals surface area (Å²) in [7, 11) is 0. The summed E-state index contributed by atoms with van der Waals surface area (Å²) in [6.07, 6.45) is 2.38. The molecule has 0 aromatic heterocycles. The fourth-order valence-corrected chi connectivity index (χ4v) is 4.60. The third-order valence-corrected chi connectivity index (χ3v) is 5.96. The van der Waals surface area contributed by atoms with Gasteiger partial charge in [-0.25, -0.2) is 0 Å². The molecule has 3 rings (SSSR count). The summed E-state index contributed by atoms with van der Waals surface area (Å²) in [4.78, 5) is 5.47. The fraction of sp³-hybridized carbons (Fsp3) is 0.727. The molecular formula is C22H36N2O. The number of rotatable bonds is 3. The zero-order chi connectivity index (χ0) is 18.0. The zero-order valence-electron chi connectivity index (χ0n) is 16.8. The van der Waals surface area contributed by atoms with Gasteiger partial charge in [0, 0.05) is 50.5 Å². The molecule has 0 saturated carbocycles. The standard InChI is InChI=1S/C22H36N2O/c1-17(2)19-8-6-7-9-20(19)21-16-23(18-10-14-25-15-11-18)12-13-24(21)22(3,4)5/h6-9,17-18,21H,10-16H2,1-5H3. The third kappa shape index (κ3) is 4.27. The van der Waals surface area contributed by atoms with Crippen molar-refractivity contribution >= 4 is 0 Å². The minimum atomic E-state index is 0.191. The summed E-state index contributed by atoms with van der Waals surface area (Å²) < 4.78 is 5.59. The Morgan fingerprint density at radius 3 is 2.36 bits per heavy atom. The predicted octanol–water partition coefficient (Wildman–Crippen LogP) is 4.45. The summed E-state index contributed by atoms with van der Waals surface area (Å²) in [5.41, 5.74) is 3.23. The summed E-state index contributed by atoms with van der Waals surface area (Å²) in [6, 6.07) is 10.3. The van der Waals surface area contributed by atoms with Crippen molar-refractivity contribution in [1.29, 1.82) is 0 Å². The molecule has 0 radical (unpaired) electrons. The lowest BCUT2D eigenvalue weighted by molar-refractivity contribution is -0.0333. The summed E-state index contributed by atoms with van der Waals surface area (Å²) >= 11 is 0. The molecule has 1 aromatic rings. The molecule has 0 amide bonds. The first kappa shape index (κ1) is 18.9. The lowest BCUT2D eigenvalue weighted by atomic mass is 9.88. The Kier molecular flexibility index (Phi) is 5.87. The monoisotopic (exact) mass is 344 g/mol. The van der Waals surface area contributed by atoms with E-state index in [0.29, 0.717) is 18.0 Å². The van der Waals surface area contributed by atoms with Crippen LogP contribution in [0.1, 0.15) is 70.5 Å². The van der Waals surface area contributed by atoms with Gasteiger partial charge in [-0.05, 0) is 50.7 Å². The molecule has 1 atom stereocenters. The number of nitrogens with zero attached hydrogens (tertiary/aromatic N) is 2. The Morgan fingerprint density at radius 2 is 1.72 bits per heavy atom. The van der Waals surface area contributed by atoms with E-state index in [9.17, 15) is 0 Å². The third-order valence-electron chi connectivity index (χ3n) is 5.96. The maximum absolute atomic E-state index is 5.59. The van der Waals surface area contributed by atoms with Crippen molar-refractivity contribution < 1.29 is 4.74 Å². The van der Waals surface area contributed by atoms with Gasteiger partial charge in [0.25, 0.3) is 0 Å². The minimum Gasteiger partial charge on any atom is -0.381 e. The van der Waals surface area contributed by atoms with Crippen molar-refractivity contribution in [2.24, 2.45) is 0 Å². The van der Waals surface area contributed by atoms with Crippen LogP contribution in [0.2, 0.25) is 0 Å².